The van der Waals surface area contributed by atoms with Gasteiger partial charge in [-0.1, -0.05) is 11.6 Å². The van der Waals surface area contributed by atoms with Crippen molar-refractivity contribution in [3.63, 3.8) is 0 Å². The lowest BCUT2D eigenvalue weighted by molar-refractivity contribution is -0.119. The third kappa shape index (κ3) is 3.66. The molecule has 0 aliphatic carbocycles. The van der Waals surface area contributed by atoms with E-state index in [1.807, 2.05) is 30.9 Å². The van der Waals surface area contributed by atoms with Gasteiger partial charge in [-0.2, -0.15) is 0 Å². The van der Waals surface area contributed by atoms with Crippen molar-refractivity contribution in [2.45, 2.75) is 33.6 Å². The van der Waals surface area contributed by atoms with E-state index in [9.17, 15) is 9.59 Å². The number of furan rings is 1. The molecule has 1 atom stereocenters. The van der Waals surface area contributed by atoms with Gasteiger partial charge in [0.2, 0.25) is 5.91 Å². The fourth-order valence-electron chi connectivity index (χ4n) is 3.46. The molecule has 1 fully saturated rings. The molecule has 2 amide bonds. The van der Waals surface area contributed by atoms with Crippen LogP contribution in [0.4, 0.5) is 0 Å². The minimum absolute atomic E-state index is 0.0402. The van der Waals surface area contributed by atoms with Gasteiger partial charge in [0, 0.05) is 37.5 Å². The first-order valence-corrected chi connectivity index (χ1v) is 8.97. The van der Waals surface area contributed by atoms with E-state index in [-0.39, 0.29) is 17.7 Å². The lowest BCUT2D eigenvalue weighted by atomic mass is 9.97. The monoisotopic (exact) mass is 362 g/mol. The maximum absolute atomic E-state index is 13.0. The van der Waals surface area contributed by atoms with Gasteiger partial charge in [0.25, 0.3) is 5.91 Å². The van der Waals surface area contributed by atoms with Gasteiger partial charge < -0.3 is 14.6 Å². The molecular formula is C19H23ClN2O3. The molecule has 0 bridgehead atoms. The number of carbonyl (C=O) groups is 2. The Morgan fingerprint density at radius 3 is 2.84 bits per heavy atom. The van der Waals surface area contributed by atoms with Crippen LogP contribution in [-0.4, -0.2) is 36.3 Å². The van der Waals surface area contributed by atoms with Crippen molar-refractivity contribution in [1.82, 2.24) is 10.2 Å². The molecule has 6 heteroatoms. The largest absolute Gasteiger partial charge is 0.449 e. The summed E-state index contributed by atoms with van der Waals surface area (Å²) in [5.41, 5.74) is 2.43. The number of fused-ring (bicyclic) bond motifs is 1. The van der Waals surface area contributed by atoms with E-state index in [1.54, 1.807) is 0 Å². The highest BCUT2D eigenvalue weighted by Gasteiger charge is 2.28. The number of nitrogens with zero attached hydrogens (tertiary/aromatic N) is 1. The first kappa shape index (κ1) is 17.8. The van der Waals surface area contributed by atoms with Crippen molar-refractivity contribution in [3.8, 4) is 0 Å². The normalized spacial score (nSPS) is 17.8. The van der Waals surface area contributed by atoms with Gasteiger partial charge in [-0.3, -0.25) is 9.59 Å². The molecule has 0 saturated carbocycles. The molecule has 25 heavy (non-hydrogen) atoms. The maximum atomic E-state index is 13.0. The van der Waals surface area contributed by atoms with E-state index in [1.165, 1.54) is 6.92 Å². The maximum Gasteiger partial charge on any atom is 0.289 e. The van der Waals surface area contributed by atoms with Crippen LogP contribution in [0.15, 0.2) is 16.5 Å². The van der Waals surface area contributed by atoms with Crippen LogP contribution in [0, 0.1) is 19.8 Å². The molecule has 2 heterocycles. The van der Waals surface area contributed by atoms with E-state index in [0.29, 0.717) is 36.0 Å². The summed E-state index contributed by atoms with van der Waals surface area (Å²) in [6, 6.07) is 3.83. The Hall–Kier alpha value is -2.01. The Bertz CT molecular complexity index is 828. The fraction of sp³-hybridized carbons (Fsp3) is 0.474. The quantitative estimate of drug-likeness (QED) is 0.905. The van der Waals surface area contributed by atoms with Gasteiger partial charge in [-0.05, 0) is 50.3 Å². The van der Waals surface area contributed by atoms with Crippen LogP contribution in [0.25, 0.3) is 11.0 Å². The van der Waals surface area contributed by atoms with Crippen molar-refractivity contribution in [2.24, 2.45) is 5.92 Å². The van der Waals surface area contributed by atoms with E-state index in [0.717, 1.165) is 29.4 Å². The van der Waals surface area contributed by atoms with Crippen LogP contribution in [0.3, 0.4) is 0 Å². The lowest BCUT2D eigenvalue weighted by Gasteiger charge is -2.32. The summed E-state index contributed by atoms with van der Waals surface area (Å²) in [5, 5.41) is 4.26. The summed E-state index contributed by atoms with van der Waals surface area (Å²) in [6.07, 6.45) is 1.93. The van der Waals surface area contributed by atoms with Gasteiger partial charge >= 0.3 is 0 Å². The highest BCUT2D eigenvalue weighted by molar-refractivity contribution is 6.35. The van der Waals surface area contributed by atoms with Gasteiger partial charge in [0.15, 0.2) is 11.3 Å². The van der Waals surface area contributed by atoms with Crippen molar-refractivity contribution in [2.75, 3.05) is 19.6 Å². The second kappa shape index (κ2) is 7.08. The highest BCUT2D eigenvalue weighted by Crippen LogP contribution is 2.33. The number of piperidine rings is 1. The number of hydrogen-bond donors (Lipinski definition) is 1. The standard InChI is InChI=1S/C19H23ClN2O3/c1-11-7-15-12(2)17(25-18(15)16(20)8-11)19(24)22-6-4-5-14(10-22)9-21-13(3)23/h7-8,14H,4-6,9-10H2,1-3H3,(H,21,23)/t14-/m0/s1. The Morgan fingerprint density at radius 2 is 2.12 bits per heavy atom. The Balaban J connectivity index is 1.83. The van der Waals surface area contributed by atoms with Crippen molar-refractivity contribution in [3.05, 3.63) is 34.0 Å². The second-order valence-corrected chi connectivity index (χ2v) is 7.28. The number of hydrogen-bond acceptors (Lipinski definition) is 3. The molecule has 0 radical (unpaired) electrons. The summed E-state index contributed by atoms with van der Waals surface area (Å²) in [6.45, 7) is 7.31. The Morgan fingerprint density at radius 1 is 1.36 bits per heavy atom. The molecule has 1 N–H and O–H groups in total. The summed E-state index contributed by atoms with van der Waals surface area (Å²) >= 11 is 6.27. The predicted octanol–water partition coefficient (Wildman–Crippen LogP) is 3.69. The molecular weight excluding hydrogens is 340 g/mol. The zero-order valence-electron chi connectivity index (χ0n) is 14.8. The molecule has 1 saturated heterocycles. The molecule has 1 aliphatic heterocycles. The number of benzene rings is 1. The second-order valence-electron chi connectivity index (χ2n) is 6.88. The summed E-state index contributed by atoms with van der Waals surface area (Å²) in [4.78, 5) is 25.9. The van der Waals surface area contributed by atoms with Gasteiger partial charge in [0.1, 0.15) is 0 Å². The minimum atomic E-state index is -0.102. The minimum Gasteiger partial charge on any atom is -0.449 e. The Kier molecular flexibility index (Phi) is 5.04. The first-order chi connectivity index (χ1) is 11.9. The van der Waals surface area contributed by atoms with Gasteiger partial charge in [-0.15, -0.1) is 0 Å². The first-order valence-electron chi connectivity index (χ1n) is 8.59. The summed E-state index contributed by atoms with van der Waals surface area (Å²) < 4.78 is 5.84. The zero-order chi connectivity index (χ0) is 18.1. The number of halogens is 1. The number of rotatable bonds is 3. The lowest BCUT2D eigenvalue weighted by Crippen LogP contribution is -2.43. The molecule has 0 unspecified atom stereocenters. The molecule has 1 aliphatic rings. The Labute approximate surface area is 152 Å². The van der Waals surface area contributed by atoms with Crippen LogP contribution in [0.1, 0.15) is 41.4 Å². The van der Waals surface area contributed by atoms with Crippen LogP contribution < -0.4 is 5.32 Å². The number of likely N-dealkylation sites (tertiary alicyclic amines) is 1. The van der Waals surface area contributed by atoms with Gasteiger partial charge in [-0.25, -0.2) is 0 Å². The SMILES string of the molecule is CC(=O)NC[C@@H]1CCCN(C(=O)c2oc3c(Cl)cc(C)cc3c2C)C1. The summed E-state index contributed by atoms with van der Waals surface area (Å²) in [7, 11) is 0. The molecule has 0 spiro atoms. The average molecular weight is 363 g/mol. The number of nitrogens with one attached hydrogen (secondary N) is 1. The van der Waals surface area contributed by atoms with Crippen molar-refractivity contribution in [1.29, 1.82) is 0 Å². The average Bonchev–Trinajstić information content (AvgIpc) is 2.90. The number of aryl methyl sites for hydroxylation is 2. The highest BCUT2D eigenvalue weighted by atomic mass is 35.5. The van der Waals surface area contributed by atoms with Crippen LogP contribution in [0.2, 0.25) is 5.02 Å². The number of carbonyl (C=O) groups excluding carboxylic acids is 2. The number of amides is 2. The van der Waals surface area contributed by atoms with E-state index in [4.69, 9.17) is 16.0 Å². The van der Waals surface area contributed by atoms with Gasteiger partial charge in [0.05, 0.1) is 5.02 Å². The van der Waals surface area contributed by atoms with Crippen LogP contribution in [0.5, 0.6) is 0 Å². The zero-order valence-corrected chi connectivity index (χ0v) is 15.6. The molecule has 2 aromatic rings. The van der Waals surface area contributed by atoms with Crippen LogP contribution in [-0.2, 0) is 4.79 Å². The topological polar surface area (TPSA) is 62.6 Å². The van der Waals surface area contributed by atoms with E-state index in [2.05, 4.69) is 5.32 Å². The molecule has 5 nitrogen and oxygen atoms in total. The predicted molar refractivity (Wildman–Crippen MR) is 98.0 cm³/mol. The summed E-state index contributed by atoms with van der Waals surface area (Å²) in [5.74, 6) is 0.497. The molecule has 134 valence electrons. The van der Waals surface area contributed by atoms with E-state index >= 15 is 0 Å². The molecule has 1 aromatic carbocycles. The third-order valence-electron chi connectivity index (χ3n) is 4.78. The van der Waals surface area contributed by atoms with Crippen molar-refractivity contribution >= 4 is 34.4 Å². The van der Waals surface area contributed by atoms with E-state index < -0.39 is 0 Å². The smallest absolute Gasteiger partial charge is 0.289 e. The molecule has 3 rings (SSSR count). The third-order valence-corrected chi connectivity index (χ3v) is 5.06. The van der Waals surface area contributed by atoms with Crippen molar-refractivity contribution < 1.29 is 14.0 Å². The molecule has 1 aromatic heterocycles. The van der Waals surface area contributed by atoms with Crippen LogP contribution >= 0.6 is 11.6 Å². The fourth-order valence-corrected chi connectivity index (χ4v) is 3.78.